The highest BCUT2D eigenvalue weighted by molar-refractivity contribution is 14.1. The number of carboxylic acids is 1. The molecule has 0 aromatic heterocycles. The average molecular weight is 576 g/mol. The lowest BCUT2D eigenvalue weighted by Crippen LogP contribution is -2.59. The predicted octanol–water partition coefficient (Wildman–Crippen LogP) is 1.21. The van der Waals surface area contributed by atoms with Gasteiger partial charge < -0.3 is 20.6 Å². The number of alkyl halides is 1. The Morgan fingerprint density at radius 1 is 1.28 bits per heavy atom. The van der Waals surface area contributed by atoms with Crippen LogP contribution in [0, 0.1) is 0 Å². The summed E-state index contributed by atoms with van der Waals surface area (Å²) in [6.45, 7) is 2.52. The van der Waals surface area contributed by atoms with Crippen molar-refractivity contribution >= 4 is 63.2 Å². The van der Waals surface area contributed by atoms with Crippen molar-refractivity contribution in [2.75, 3.05) is 0 Å². The fourth-order valence-corrected chi connectivity index (χ4v) is 3.22. The number of nitrogens with one attached hydrogen (secondary N) is 1. The van der Waals surface area contributed by atoms with Gasteiger partial charge in [-0.3, -0.25) is 12.7 Å². The molecule has 10 heteroatoms. The summed E-state index contributed by atoms with van der Waals surface area (Å²) in [5, 5.41) is 31.1. The highest BCUT2D eigenvalue weighted by Crippen LogP contribution is 2.33. The van der Waals surface area contributed by atoms with E-state index in [1.165, 1.54) is 71.4 Å². The standard InChI is InChI=1S/C15H18I2N2O6/c1-8(20)15(16,14(24)25)19(17)13(23)12(18-9(2)21)7-10-3-5-11(22)6-4-10/h3-6,8,12,20,22H,7H2,1-2H3,(H,18,21)(H,24,25)/t8-,12+,15+/m1/s1. The first kappa shape index (κ1) is 21.9. The molecule has 1 aromatic rings. The van der Waals surface area contributed by atoms with Crippen LogP contribution in [0.3, 0.4) is 0 Å². The number of phenols is 1. The summed E-state index contributed by atoms with van der Waals surface area (Å²) in [7, 11) is 0. The number of carbonyl (C=O) groups is 3. The van der Waals surface area contributed by atoms with E-state index in [9.17, 15) is 29.7 Å². The first-order valence-corrected chi connectivity index (χ1v) is 9.19. The van der Waals surface area contributed by atoms with Gasteiger partial charge in [-0.1, -0.05) is 12.1 Å². The first-order valence-electron chi connectivity index (χ1n) is 7.15. The van der Waals surface area contributed by atoms with Gasteiger partial charge in [-0.05, 0) is 47.2 Å². The SMILES string of the molecule is CC(=O)N[C@@H](Cc1ccc(O)cc1)C(=O)N(I)[C@](I)(C(=O)O)[C@@H](C)O. The molecule has 0 saturated carbocycles. The molecule has 2 amide bonds. The number of phenolic OH excluding ortho intramolecular Hbond substituents is 1. The molecule has 0 aliphatic carbocycles. The summed E-state index contributed by atoms with van der Waals surface area (Å²) in [5.41, 5.74) is 0.668. The van der Waals surface area contributed by atoms with Gasteiger partial charge in [-0.25, -0.2) is 4.79 Å². The number of rotatable bonds is 7. The Balaban J connectivity index is 3.12. The number of carbonyl (C=O) groups excluding carboxylic acids is 2. The minimum atomic E-state index is -1.89. The molecule has 0 aliphatic rings. The third kappa shape index (κ3) is 5.41. The Morgan fingerprint density at radius 2 is 1.80 bits per heavy atom. The zero-order chi connectivity index (χ0) is 19.4. The zero-order valence-electron chi connectivity index (χ0n) is 13.4. The first-order chi connectivity index (χ1) is 11.5. The minimum Gasteiger partial charge on any atom is -0.508 e. The summed E-state index contributed by atoms with van der Waals surface area (Å²) < 4.78 is -1.000. The lowest BCUT2D eigenvalue weighted by molar-refractivity contribution is -0.150. The number of aliphatic hydroxyl groups excluding tert-OH is 1. The Kier molecular flexibility index (Phi) is 7.87. The molecule has 0 heterocycles. The Morgan fingerprint density at radius 3 is 2.20 bits per heavy atom. The number of aliphatic carboxylic acids is 1. The number of carboxylic acid groups (broad SMARTS) is 1. The highest BCUT2D eigenvalue weighted by atomic mass is 127. The molecular formula is C15H18I2N2O6. The lowest BCUT2D eigenvalue weighted by atomic mass is 10.0. The van der Waals surface area contributed by atoms with Crippen LogP contribution in [0.1, 0.15) is 19.4 Å². The van der Waals surface area contributed by atoms with E-state index in [1.807, 2.05) is 0 Å². The molecule has 4 N–H and O–H groups in total. The number of hydrogen-bond acceptors (Lipinski definition) is 5. The molecule has 8 nitrogen and oxygen atoms in total. The molecule has 0 bridgehead atoms. The van der Waals surface area contributed by atoms with Crippen molar-refractivity contribution in [3.63, 3.8) is 0 Å². The Labute approximate surface area is 172 Å². The van der Waals surface area contributed by atoms with E-state index in [0.29, 0.717) is 5.56 Å². The van der Waals surface area contributed by atoms with Crippen LogP contribution in [0.25, 0.3) is 0 Å². The molecule has 138 valence electrons. The molecule has 0 unspecified atom stereocenters. The summed E-state index contributed by atoms with van der Waals surface area (Å²) in [6, 6.07) is 5.06. The number of aromatic hydroxyl groups is 1. The fraction of sp³-hybridized carbons (Fsp3) is 0.400. The lowest BCUT2D eigenvalue weighted by Gasteiger charge is -2.35. The molecule has 0 saturated heterocycles. The maximum Gasteiger partial charge on any atom is 0.343 e. The van der Waals surface area contributed by atoms with Crippen molar-refractivity contribution < 1.29 is 29.7 Å². The normalized spacial score (nSPS) is 15.6. The number of benzene rings is 1. The second kappa shape index (κ2) is 8.98. The van der Waals surface area contributed by atoms with Crippen molar-refractivity contribution in [2.24, 2.45) is 0 Å². The average Bonchev–Trinajstić information content (AvgIpc) is 2.53. The smallest absolute Gasteiger partial charge is 0.343 e. The number of hydrogen-bond donors (Lipinski definition) is 4. The van der Waals surface area contributed by atoms with Crippen LogP contribution in [-0.4, -0.2) is 51.9 Å². The number of aliphatic hydroxyl groups is 1. The Hall–Kier alpha value is -1.15. The van der Waals surface area contributed by atoms with Gasteiger partial charge in [0.25, 0.3) is 5.91 Å². The van der Waals surface area contributed by atoms with E-state index in [-0.39, 0.29) is 12.2 Å². The Bertz CT molecular complexity index is 652. The van der Waals surface area contributed by atoms with Gasteiger partial charge in [0.1, 0.15) is 11.8 Å². The van der Waals surface area contributed by atoms with E-state index in [2.05, 4.69) is 5.32 Å². The van der Waals surface area contributed by atoms with Crippen LogP contribution < -0.4 is 5.32 Å². The van der Waals surface area contributed by atoms with Crippen molar-refractivity contribution in [1.82, 2.24) is 8.43 Å². The number of amides is 2. The third-order valence-corrected chi connectivity index (χ3v) is 7.39. The van der Waals surface area contributed by atoms with Crippen LogP contribution in [-0.2, 0) is 20.8 Å². The van der Waals surface area contributed by atoms with E-state index in [4.69, 9.17) is 0 Å². The molecule has 1 rings (SSSR count). The molecule has 0 radical (unpaired) electrons. The third-order valence-electron chi connectivity index (χ3n) is 3.38. The summed E-state index contributed by atoms with van der Waals surface area (Å²) in [4.78, 5) is 35.8. The molecule has 0 fully saturated rings. The molecule has 0 aliphatic heterocycles. The zero-order valence-corrected chi connectivity index (χ0v) is 17.8. The number of nitrogens with zero attached hydrogens (tertiary/aromatic N) is 1. The van der Waals surface area contributed by atoms with Gasteiger partial charge in [0, 0.05) is 13.3 Å². The van der Waals surface area contributed by atoms with Crippen LogP contribution in [0.2, 0.25) is 0 Å². The summed E-state index contributed by atoms with van der Waals surface area (Å²) in [6.07, 6.45) is -1.25. The fourth-order valence-electron chi connectivity index (χ4n) is 2.04. The van der Waals surface area contributed by atoms with Gasteiger partial charge in [-0.15, -0.1) is 0 Å². The highest BCUT2D eigenvalue weighted by Gasteiger charge is 2.49. The van der Waals surface area contributed by atoms with E-state index < -0.39 is 33.5 Å². The maximum absolute atomic E-state index is 12.8. The molecule has 0 spiro atoms. The predicted molar refractivity (Wildman–Crippen MR) is 106 cm³/mol. The second-order valence-electron chi connectivity index (χ2n) is 5.40. The largest absolute Gasteiger partial charge is 0.508 e. The molecule has 25 heavy (non-hydrogen) atoms. The maximum atomic E-state index is 12.8. The quantitative estimate of drug-likeness (QED) is 0.168. The molecule has 1 aromatic carbocycles. The van der Waals surface area contributed by atoms with Crippen LogP contribution >= 0.6 is 45.5 Å². The summed E-state index contributed by atoms with van der Waals surface area (Å²) in [5.74, 6) is -2.43. The van der Waals surface area contributed by atoms with E-state index in [0.717, 1.165) is 3.11 Å². The van der Waals surface area contributed by atoms with Gasteiger partial charge in [0.2, 0.25) is 9.45 Å². The minimum absolute atomic E-state index is 0.0629. The van der Waals surface area contributed by atoms with Gasteiger partial charge >= 0.3 is 5.97 Å². The van der Waals surface area contributed by atoms with Gasteiger partial charge in [-0.2, -0.15) is 0 Å². The van der Waals surface area contributed by atoms with Crippen molar-refractivity contribution in [3.8, 4) is 5.75 Å². The monoisotopic (exact) mass is 576 g/mol. The van der Waals surface area contributed by atoms with Crippen LogP contribution in [0.4, 0.5) is 0 Å². The topological polar surface area (TPSA) is 127 Å². The second-order valence-corrected chi connectivity index (χ2v) is 8.01. The van der Waals surface area contributed by atoms with Crippen LogP contribution in [0.5, 0.6) is 5.75 Å². The molecule has 3 atom stereocenters. The van der Waals surface area contributed by atoms with Gasteiger partial charge in [0.15, 0.2) is 0 Å². The van der Waals surface area contributed by atoms with E-state index >= 15 is 0 Å². The van der Waals surface area contributed by atoms with Gasteiger partial charge in [0.05, 0.1) is 29.0 Å². The van der Waals surface area contributed by atoms with Crippen molar-refractivity contribution in [2.45, 2.75) is 36.0 Å². The summed E-state index contributed by atoms with van der Waals surface area (Å²) >= 11 is 3.03. The van der Waals surface area contributed by atoms with Crippen molar-refractivity contribution in [1.29, 1.82) is 0 Å². The van der Waals surface area contributed by atoms with Crippen LogP contribution in [0.15, 0.2) is 24.3 Å². The molecular weight excluding hydrogens is 558 g/mol. The van der Waals surface area contributed by atoms with Crippen molar-refractivity contribution in [3.05, 3.63) is 29.8 Å². The van der Waals surface area contributed by atoms with E-state index in [1.54, 1.807) is 12.1 Å². The number of halogens is 2.